The van der Waals surface area contributed by atoms with Crippen molar-refractivity contribution in [3.8, 4) is 0 Å². The molecule has 1 N–H and O–H groups in total. The predicted molar refractivity (Wildman–Crippen MR) is 109 cm³/mol. The van der Waals surface area contributed by atoms with Crippen molar-refractivity contribution in [2.45, 2.75) is 26.4 Å². The highest BCUT2D eigenvalue weighted by Gasteiger charge is 2.20. The Morgan fingerprint density at radius 1 is 1.07 bits per heavy atom. The summed E-state index contributed by atoms with van der Waals surface area (Å²) in [7, 11) is 1.62. The molecule has 1 aromatic carbocycles. The van der Waals surface area contributed by atoms with Crippen LogP contribution in [0.4, 0.5) is 21.9 Å². The Balaban J connectivity index is 2.20. The Morgan fingerprint density at radius 2 is 1.70 bits per heavy atom. The van der Waals surface area contributed by atoms with Gasteiger partial charge < -0.3 is 24.4 Å². The van der Waals surface area contributed by atoms with E-state index in [0.717, 1.165) is 6.07 Å². The van der Waals surface area contributed by atoms with Crippen molar-refractivity contribution in [3.05, 3.63) is 38.4 Å². The molecule has 30 heavy (non-hydrogen) atoms. The molecule has 0 saturated heterocycles. The van der Waals surface area contributed by atoms with Crippen LogP contribution in [-0.2, 0) is 14.2 Å². The summed E-state index contributed by atoms with van der Waals surface area (Å²) in [4.78, 5) is 33.6. The van der Waals surface area contributed by atoms with Gasteiger partial charge in [0.15, 0.2) is 0 Å². The van der Waals surface area contributed by atoms with Crippen molar-refractivity contribution in [2.75, 3.05) is 51.9 Å². The summed E-state index contributed by atoms with van der Waals surface area (Å²) < 4.78 is 16.0. The topological polar surface area (TPSA) is 146 Å². The molecule has 1 amide bonds. The molecule has 0 aromatic heterocycles. The highest BCUT2D eigenvalue weighted by Crippen LogP contribution is 2.28. The normalized spacial score (nSPS) is 11.1. The minimum Gasteiger partial charge on any atom is -0.444 e. The number of nitrogens with zero attached hydrogens (tertiary/aromatic N) is 3. The lowest BCUT2D eigenvalue weighted by atomic mass is 10.2. The first-order chi connectivity index (χ1) is 14.0. The summed E-state index contributed by atoms with van der Waals surface area (Å²) in [6.45, 7) is 7.24. The number of nitro benzene ring substituents is 2. The van der Waals surface area contributed by atoms with E-state index in [4.69, 9.17) is 14.2 Å². The van der Waals surface area contributed by atoms with Crippen molar-refractivity contribution >= 4 is 23.2 Å². The third-order valence-electron chi connectivity index (χ3n) is 3.60. The Morgan fingerprint density at radius 3 is 2.27 bits per heavy atom. The zero-order valence-electron chi connectivity index (χ0n) is 17.6. The number of hydrogen-bond donors (Lipinski definition) is 1. The first-order valence-corrected chi connectivity index (χ1v) is 9.27. The quantitative estimate of drug-likeness (QED) is 0.301. The van der Waals surface area contributed by atoms with E-state index >= 15 is 0 Å². The second kappa shape index (κ2) is 11.9. The van der Waals surface area contributed by atoms with E-state index in [1.54, 1.807) is 27.8 Å². The number of nitrogens with one attached hydrogen (secondary N) is 1. The van der Waals surface area contributed by atoms with Crippen LogP contribution >= 0.6 is 0 Å². The van der Waals surface area contributed by atoms with Crippen LogP contribution in [0.25, 0.3) is 0 Å². The van der Waals surface area contributed by atoms with Crippen molar-refractivity contribution in [2.24, 2.45) is 0 Å². The Hall–Kier alpha value is -2.99. The maximum atomic E-state index is 11.8. The first kappa shape index (κ1) is 25.0. The fourth-order valence-corrected chi connectivity index (χ4v) is 2.15. The summed E-state index contributed by atoms with van der Waals surface area (Å²) in [6.07, 6.45) is -0.422. The summed E-state index contributed by atoms with van der Waals surface area (Å²) in [5.41, 5.74) is -1.10. The first-order valence-electron chi connectivity index (χ1n) is 9.27. The molecule has 1 aromatic rings. The van der Waals surface area contributed by atoms with Gasteiger partial charge in [-0.15, -0.1) is 0 Å². The van der Waals surface area contributed by atoms with Crippen molar-refractivity contribution in [1.29, 1.82) is 0 Å². The maximum Gasteiger partial charge on any atom is 0.410 e. The van der Waals surface area contributed by atoms with Gasteiger partial charge in [-0.1, -0.05) is 0 Å². The number of amides is 1. The predicted octanol–water partition coefficient (Wildman–Crippen LogP) is 2.82. The van der Waals surface area contributed by atoms with Gasteiger partial charge in [0.25, 0.3) is 11.4 Å². The van der Waals surface area contributed by atoms with Gasteiger partial charge in [0.2, 0.25) is 0 Å². The van der Waals surface area contributed by atoms with Crippen LogP contribution in [0.1, 0.15) is 20.8 Å². The van der Waals surface area contributed by atoms with Crippen LogP contribution in [0.3, 0.4) is 0 Å². The molecule has 12 nitrogen and oxygen atoms in total. The van der Waals surface area contributed by atoms with Gasteiger partial charge in [-0.2, -0.15) is 0 Å². The van der Waals surface area contributed by atoms with Gasteiger partial charge in [-0.25, -0.2) is 4.79 Å². The zero-order valence-corrected chi connectivity index (χ0v) is 17.6. The number of carbonyl (C=O) groups excluding carboxylic acids is 1. The lowest BCUT2D eigenvalue weighted by Crippen LogP contribution is -2.36. The summed E-state index contributed by atoms with van der Waals surface area (Å²) in [5.74, 6) is 0. The number of nitro groups is 2. The summed E-state index contributed by atoms with van der Waals surface area (Å²) in [5, 5.41) is 24.6. The lowest BCUT2D eigenvalue weighted by molar-refractivity contribution is -0.393. The molecule has 0 atom stereocenters. The molecule has 0 saturated carbocycles. The molecule has 0 spiro atoms. The highest BCUT2D eigenvalue weighted by molar-refractivity contribution is 5.67. The number of anilines is 1. The minimum absolute atomic E-state index is 0.177. The second-order valence-corrected chi connectivity index (χ2v) is 7.27. The number of carbonyl (C=O) groups is 1. The fourth-order valence-electron chi connectivity index (χ4n) is 2.15. The maximum absolute atomic E-state index is 11.8. The van der Waals surface area contributed by atoms with E-state index in [1.807, 2.05) is 0 Å². The molecule has 0 aliphatic rings. The van der Waals surface area contributed by atoms with Gasteiger partial charge in [-0.05, 0) is 26.8 Å². The molecule has 168 valence electrons. The van der Waals surface area contributed by atoms with Crippen molar-refractivity contribution in [3.63, 3.8) is 0 Å². The smallest absolute Gasteiger partial charge is 0.410 e. The number of hydrogen-bond acceptors (Lipinski definition) is 9. The van der Waals surface area contributed by atoms with Gasteiger partial charge >= 0.3 is 6.09 Å². The van der Waals surface area contributed by atoms with E-state index in [2.05, 4.69) is 5.32 Å². The fraction of sp³-hybridized carbons (Fsp3) is 0.611. The monoisotopic (exact) mass is 428 g/mol. The summed E-state index contributed by atoms with van der Waals surface area (Å²) in [6, 6.07) is 3.39. The molecule has 12 heteroatoms. The summed E-state index contributed by atoms with van der Waals surface area (Å²) >= 11 is 0. The molecule has 0 unspecified atom stereocenters. The van der Waals surface area contributed by atoms with Crippen LogP contribution in [0.2, 0.25) is 0 Å². The van der Waals surface area contributed by atoms with Gasteiger partial charge in [0.1, 0.15) is 11.3 Å². The number of ether oxygens (including phenoxy) is 3. The van der Waals surface area contributed by atoms with Crippen LogP contribution in [0.15, 0.2) is 18.2 Å². The van der Waals surface area contributed by atoms with E-state index in [9.17, 15) is 25.0 Å². The molecule has 0 bridgehead atoms. The largest absolute Gasteiger partial charge is 0.444 e. The second-order valence-electron chi connectivity index (χ2n) is 7.27. The van der Waals surface area contributed by atoms with Crippen molar-refractivity contribution in [1.82, 2.24) is 4.90 Å². The Bertz CT molecular complexity index is 735. The standard InChI is InChI=1S/C18H28N4O8/c1-18(2,3)30-17(23)20(4)8-10-29-12-11-28-9-7-19-15-6-5-14(21(24)25)13-16(15)22(26)27/h5-6,13,19H,7-12H2,1-4H3. The average molecular weight is 428 g/mol. The van der Waals surface area contributed by atoms with Crippen LogP contribution in [-0.4, -0.2) is 73.0 Å². The molecule has 0 heterocycles. The Labute approximate surface area is 174 Å². The van der Waals surface area contributed by atoms with E-state index in [0.29, 0.717) is 26.4 Å². The number of likely N-dealkylation sites (N-methyl/N-ethyl adjacent to an activating group) is 1. The van der Waals surface area contributed by atoms with Crippen LogP contribution in [0, 0.1) is 20.2 Å². The molecular formula is C18H28N4O8. The lowest BCUT2D eigenvalue weighted by Gasteiger charge is -2.24. The third-order valence-corrected chi connectivity index (χ3v) is 3.60. The van der Waals surface area contributed by atoms with Gasteiger partial charge in [0.05, 0.1) is 42.3 Å². The van der Waals surface area contributed by atoms with Gasteiger partial charge in [0, 0.05) is 26.2 Å². The molecule has 0 fully saturated rings. The molecule has 0 aliphatic carbocycles. The van der Waals surface area contributed by atoms with Gasteiger partial charge in [-0.3, -0.25) is 20.2 Å². The third kappa shape index (κ3) is 9.47. The van der Waals surface area contributed by atoms with Crippen LogP contribution in [0.5, 0.6) is 0 Å². The molecule has 0 radical (unpaired) electrons. The van der Waals surface area contributed by atoms with E-state index < -0.39 is 21.5 Å². The molecular weight excluding hydrogens is 400 g/mol. The number of non-ortho nitro benzene ring substituents is 1. The minimum atomic E-state index is -0.689. The molecule has 0 aliphatic heterocycles. The Kier molecular flexibility index (Phi) is 9.92. The van der Waals surface area contributed by atoms with Crippen molar-refractivity contribution < 1.29 is 28.9 Å². The van der Waals surface area contributed by atoms with E-state index in [-0.39, 0.29) is 30.2 Å². The average Bonchev–Trinajstić information content (AvgIpc) is 2.64. The van der Waals surface area contributed by atoms with E-state index in [1.165, 1.54) is 17.0 Å². The highest BCUT2D eigenvalue weighted by atomic mass is 16.6. The van der Waals surface area contributed by atoms with Crippen LogP contribution < -0.4 is 5.32 Å². The SMILES string of the molecule is CN(CCOCCOCCNc1ccc([N+](=O)[O-])cc1[N+](=O)[O-])C(=O)OC(C)(C)C. The molecule has 1 rings (SSSR count). The number of rotatable bonds is 12. The number of benzene rings is 1. The zero-order chi connectivity index (χ0) is 22.7.